The molecule has 9 heteroatoms. The first-order valence-corrected chi connectivity index (χ1v) is 16.0. The van der Waals surface area contributed by atoms with Gasteiger partial charge < -0.3 is 18.9 Å². The number of alkyl halides is 1. The molecule has 1 saturated heterocycles. The second kappa shape index (κ2) is 10.7. The summed E-state index contributed by atoms with van der Waals surface area (Å²) in [6, 6.07) is 0. The third kappa shape index (κ3) is 4.75. The molecule has 224 valence electrons. The van der Waals surface area contributed by atoms with Crippen LogP contribution in [0.15, 0.2) is 0 Å². The van der Waals surface area contributed by atoms with Crippen molar-refractivity contribution < 1.29 is 38.1 Å². The van der Waals surface area contributed by atoms with Crippen LogP contribution in [0.3, 0.4) is 0 Å². The summed E-state index contributed by atoms with van der Waals surface area (Å²) in [5.41, 5.74) is -0.643. The number of Topliss-reactive ketones (excluding diaryl/α,β-unsaturated/α-hetero) is 1. The van der Waals surface area contributed by atoms with E-state index in [9.17, 15) is 19.2 Å². The molecule has 1 heterocycles. The van der Waals surface area contributed by atoms with E-state index >= 15 is 0 Å². The quantitative estimate of drug-likeness (QED) is 0.168. The number of fused-ring (bicyclic) bond motifs is 7. The van der Waals surface area contributed by atoms with Crippen LogP contribution in [-0.4, -0.2) is 59.0 Å². The van der Waals surface area contributed by atoms with Crippen molar-refractivity contribution in [2.45, 2.75) is 122 Å². The molecule has 0 bridgehead atoms. The van der Waals surface area contributed by atoms with Gasteiger partial charge in [-0.1, -0.05) is 36.7 Å². The van der Waals surface area contributed by atoms with Gasteiger partial charge in [-0.15, -0.1) is 0 Å². The number of ketones is 1. The fourth-order valence-electron chi connectivity index (χ4n) is 9.88. The van der Waals surface area contributed by atoms with Crippen LogP contribution >= 0.6 is 15.9 Å². The Morgan fingerprint density at radius 1 is 0.975 bits per heavy atom. The fraction of sp³-hybridized carbons (Fsp3) is 0.871. The van der Waals surface area contributed by atoms with E-state index < -0.39 is 0 Å². The van der Waals surface area contributed by atoms with Gasteiger partial charge in [0, 0.05) is 37.0 Å². The Bertz CT molecular complexity index is 1060. The third-order valence-corrected chi connectivity index (χ3v) is 12.6. The third-order valence-electron chi connectivity index (χ3n) is 11.5. The average molecular weight is 626 g/mol. The van der Waals surface area contributed by atoms with Gasteiger partial charge in [0.05, 0.1) is 17.0 Å². The maximum atomic E-state index is 13.0. The van der Waals surface area contributed by atoms with Gasteiger partial charge in [-0.2, -0.15) is 0 Å². The SMILES string of the molecule is CC(=O)O[C@H]1CC2C([C@H](OC(C)=O)C[C@@H]3[C@@H](Br)C(=O)[C@H]4O[C@H]4[C@]23C)[C@@H]2CC[C@H]([C@H](C)CCC(=O)OC(C)C)[C@@]12C. The normalized spacial score (nSPS) is 45.9. The summed E-state index contributed by atoms with van der Waals surface area (Å²) in [5.74, 6) is 0.00750. The van der Waals surface area contributed by atoms with Gasteiger partial charge in [0.25, 0.3) is 0 Å². The predicted molar refractivity (Wildman–Crippen MR) is 149 cm³/mol. The molecular formula is C31H45BrO8. The first-order chi connectivity index (χ1) is 18.7. The molecule has 2 unspecified atom stereocenters. The highest BCUT2D eigenvalue weighted by molar-refractivity contribution is 9.10. The predicted octanol–water partition coefficient (Wildman–Crippen LogP) is 5.03. The van der Waals surface area contributed by atoms with Gasteiger partial charge in [0.1, 0.15) is 18.3 Å². The Morgan fingerprint density at radius 3 is 2.27 bits per heavy atom. The minimum Gasteiger partial charge on any atom is -0.463 e. The zero-order valence-corrected chi connectivity index (χ0v) is 26.4. The molecule has 0 aromatic heterocycles. The Labute approximate surface area is 246 Å². The smallest absolute Gasteiger partial charge is 0.306 e. The molecule has 40 heavy (non-hydrogen) atoms. The number of hydrogen-bond donors (Lipinski definition) is 0. The highest BCUT2D eigenvalue weighted by atomic mass is 79.9. The lowest BCUT2D eigenvalue weighted by Gasteiger charge is -2.63. The molecular weight excluding hydrogens is 580 g/mol. The lowest BCUT2D eigenvalue weighted by Crippen LogP contribution is -2.66. The van der Waals surface area contributed by atoms with E-state index in [1.54, 1.807) is 0 Å². The van der Waals surface area contributed by atoms with Crippen LogP contribution in [-0.2, 0) is 38.1 Å². The molecule has 5 fully saturated rings. The zero-order valence-electron chi connectivity index (χ0n) is 24.8. The maximum Gasteiger partial charge on any atom is 0.306 e. The van der Waals surface area contributed by atoms with E-state index in [0.717, 1.165) is 12.8 Å². The number of carbonyl (C=O) groups excluding carboxylic acids is 4. The van der Waals surface area contributed by atoms with Crippen LogP contribution in [0, 0.1) is 46.3 Å². The van der Waals surface area contributed by atoms with Crippen molar-refractivity contribution >= 4 is 39.6 Å². The average Bonchev–Trinajstić information content (AvgIpc) is 3.59. The molecule has 4 aliphatic carbocycles. The van der Waals surface area contributed by atoms with Crippen LogP contribution in [0.25, 0.3) is 0 Å². The Morgan fingerprint density at radius 2 is 1.65 bits per heavy atom. The van der Waals surface area contributed by atoms with Crippen LogP contribution in [0.2, 0.25) is 0 Å². The summed E-state index contributed by atoms with van der Waals surface area (Å²) >= 11 is 3.71. The first-order valence-electron chi connectivity index (χ1n) is 15.1. The van der Waals surface area contributed by atoms with E-state index in [1.807, 2.05) is 13.8 Å². The van der Waals surface area contributed by atoms with Crippen LogP contribution in [0.5, 0.6) is 0 Å². The van der Waals surface area contributed by atoms with Crippen LogP contribution in [0.4, 0.5) is 0 Å². The molecule has 5 rings (SSSR count). The van der Waals surface area contributed by atoms with E-state index in [2.05, 4.69) is 36.7 Å². The highest BCUT2D eigenvalue weighted by Gasteiger charge is 2.75. The number of esters is 3. The maximum absolute atomic E-state index is 13.0. The number of hydrogen-bond acceptors (Lipinski definition) is 8. The fourth-order valence-corrected chi connectivity index (χ4v) is 10.9. The van der Waals surface area contributed by atoms with Crippen molar-refractivity contribution in [2.24, 2.45) is 46.3 Å². The number of halogens is 1. The molecule has 5 aliphatic rings. The summed E-state index contributed by atoms with van der Waals surface area (Å²) in [5, 5.41) is 0. The second-order valence-corrected chi connectivity index (χ2v) is 14.9. The summed E-state index contributed by atoms with van der Waals surface area (Å²) in [7, 11) is 0. The molecule has 0 amide bonds. The summed E-state index contributed by atoms with van der Waals surface area (Å²) < 4.78 is 23.7. The Hall–Kier alpha value is -1.48. The van der Waals surface area contributed by atoms with Gasteiger partial charge in [0.15, 0.2) is 5.78 Å². The van der Waals surface area contributed by atoms with E-state index in [1.165, 1.54) is 13.8 Å². The van der Waals surface area contributed by atoms with Crippen LogP contribution in [0.1, 0.15) is 87.0 Å². The molecule has 1 aliphatic heterocycles. The van der Waals surface area contributed by atoms with Gasteiger partial charge in [-0.05, 0) is 75.5 Å². The number of epoxide rings is 1. The molecule has 0 aromatic rings. The van der Waals surface area contributed by atoms with E-state index in [0.29, 0.717) is 25.7 Å². The monoisotopic (exact) mass is 624 g/mol. The van der Waals surface area contributed by atoms with Crippen LogP contribution < -0.4 is 0 Å². The van der Waals surface area contributed by atoms with Gasteiger partial charge in [-0.3, -0.25) is 19.2 Å². The number of carbonyl (C=O) groups is 4. The molecule has 4 saturated carbocycles. The standard InChI is InChI=1S/C31H45BrO8/c1-14(2)37-24(35)11-8-15(3)18-9-10-19-25-20(13-23(30(18,19)6)39-17(5)34)31(7)21(12-22(25)38-16(4)33)26(32)27(36)28-29(31)40-28/h14-15,18-23,25-26,28-29H,8-13H2,1-7H3/t15-,18-,19+,20?,21-,22-,23+,25?,26-,28-,29-,30-,31-/m1/s1. The number of ether oxygens (including phenoxy) is 4. The largest absolute Gasteiger partial charge is 0.463 e. The number of rotatable bonds is 7. The van der Waals surface area contributed by atoms with Crippen molar-refractivity contribution in [3.8, 4) is 0 Å². The van der Waals surface area contributed by atoms with Crippen molar-refractivity contribution in [3.63, 3.8) is 0 Å². The molecule has 0 spiro atoms. The minimum absolute atomic E-state index is 0.0419. The van der Waals surface area contributed by atoms with Gasteiger partial charge in [0.2, 0.25) is 0 Å². The molecule has 13 atom stereocenters. The Kier molecular flexibility index (Phi) is 7.99. The molecule has 0 radical (unpaired) electrons. The minimum atomic E-state index is -0.390. The second-order valence-electron chi connectivity index (χ2n) is 13.9. The highest BCUT2D eigenvalue weighted by Crippen LogP contribution is 2.71. The lowest BCUT2D eigenvalue weighted by atomic mass is 9.43. The first kappa shape index (κ1) is 30.0. The van der Waals surface area contributed by atoms with E-state index in [-0.39, 0.29) is 105 Å². The van der Waals surface area contributed by atoms with Crippen molar-refractivity contribution in [1.82, 2.24) is 0 Å². The zero-order chi connectivity index (χ0) is 29.3. The van der Waals surface area contributed by atoms with Crippen molar-refractivity contribution in [2.75, 3.05) is 0 Å². The van der Waals surface area contributed by atoms with Gasteiger partial charge >= 0.3 is 17.9 Å². The van der Waals surface area contributed by atoms with E-state index in [4.69, 9.17) is 18.9 Å². The lowest BCUT2D eigenvalue weighted by molar-refractivity contribution is -0.218. The molecule has 0 aromatic carbocycles. The summed E-state index contributed by atoms with van der Waals surface area (Å²) in [6.45, 7) is 13.3. The molecule has 0 N–H and O–H groups in total. The van der Waals surface area contributed by atoms with Crippen molar-refractivity contribution in [1.29, 1.82) is 0 Å². The topological polar surface area (TPSA) is 109 Å². The Balaban J connectivity index is 1.50. The summed E-state index contributed by atoms with van der Waals surface area (Å²) in [6.07, 6.45) is 2.89. The molecule has 8 nitrogen and oxygen atoms in total. The van der Waals surface area contributed by atoms with Gasteiger partial charge in [-0.25, -0.2) is 0 Å². The summed E-state index contributed by atoms with van der Waals surface area (Å²) in [4.78, 5) is 49.9. The van der Waals surface area contributed by atoms with Crippen molar-refractivity contribution in [3.05, 3.63) is 0 Å².